The summed E-state index contributed by atoms with van der Waals surface area (Å²) in [6, 6.07) is 2.16. The van der Waals surface area contributed by atoms with Gasteiger partial charge in [0.25, 0.3) is 0 Å². The highest BCUT2D eigenvalue weighted by atomic mass is 32.1. The van der Waals surface area contributed by atoms with Crippen LogP contribution in [0.5, 0.6) is 0 Å². The summed E-state index contributed by atoms with van der Waals surface area (Å²) in [4.78, 5) is 0. The van der Waals surface area contributed by atoms with Crippen molar-refractivity contribution in [3.63, 3.8) is 0 Å². The number of hydrogen-bond acceptors (Lipinski definition) is 2. The number of thiophene rings is 1. The molecule has 0 bridgehead atoms. The molecule has 76 valence electrons. The molecule has 1 heterocycles. The van der Waals surface area contributed by atoms with Crippen molar-refractivity contribution in [2.45, 2.75) is 19.3 Å². The topological polar surface area (TPSA) is 9.23 Å². The zero-order valence-corrected chi connectivity index (χ0v) is 9.51. The molecule has 0 spiro atoms. The van der Waals surface area contributed by atoms with Crippen LogP contribution in [-0.2, 0) is 4.74 Å². The third-order valence-electron chi connectivity index (χ3n) is 2.25. The number of allylic oxidation sites excluding steroid dienone is 2. The molecule has 0 saturated heterocycles. The van der Waals surface area contributed by atoms with Gasteiger partial charge in [-0.05, 0) is 34.4 Å². The second kappa shape index (κ2) is 5.66. The summed E-state index contributed by atoms with van der Waals surface area (Å²) in [5.74, 6) is 0.415. The summed E-state index contributed by atoms with van der Waals surface area (Å²) in [5, 5.41) is 4.28. The molecule has 1 nitrogen and oxygen atoms in total. The van der Waals surface area contributed by atoms with E-state index >= 15 is 0 Å². The molecule has 0 saturated carbocycles. The van der Waals surface area contributed by atoms with E-state index in [9.17, 15) is 0 Å². The second-order valence-corrected chi connectivity index (χ2v) is 3.86. The maximum Gasteiger partial charge on any atom is 0.0862 e. The molecule has 1 atom stereocenters. The molecule has 1 aromatic heterocycles. The predicted molar refractivity (Wildman–Crippen MR) is 62.6 cm³/mol. The zero-order chi connectivity index (χ0) is 10.4. The first kappa shape index (κ1) is 11.1. The highest BCUT2D eigenvalue weighted by Gasteiger charge is 2.12. The average molecular weight is 208 g/mol. The molecule has 1 unspecified atom stereocenters. The quantitative estimate of drug-likeness (QED) is 0.525. The molecule has 1 aromatic rings. The van der Waals surface area contributed by atoms with Crippen LogP contribution in [0.25, 0.3) is 0 Å². The lowest BCUT2D eigenvalue weighted by atomic mass is 9.91. The highest BCUT2D eigenvalue weighted by molar-refractivity contribution is 7.08. The highest BCUT2D eigenvalue weighted by Crippen LogP contribution is 2.29. The third kappa shape index (κ3) is 2.48. The summed E-state index contributed by atoms with van der Waals surface area (Å²) in [6.45, 7) is 5.99. The Balaban J connectivity index is 2.90. The van der Waals surface area contributed by atoms with Crippen LogP contribution < -0.4 is 0 Å². The number of ether oxygens (including phenoxy) is 1. The molecule has 0 N–H and O–H groups in total. The minimum Gasteiger partial charge on any atom is -0.504 e. The van der Waals surface area contributed by atoms with E-state index < -0.39 is 0 Å². The Labute approximate surface area is 89.7 Å². The minimum atomic E-state index is 0.415. The van der Waals surface area contributed by atoms with E-state index in [1.54, 1.807) is 24.7 Å². The van der Waals surface area contributed by atoms with Gasteiger partial charge in [0.2, 0.25) is 0 Å². The van der Waals surface area contributed by atoms with Crippen LogP contribution in [-0.4, -0.2) is 7.11 Å². The molecule has 0 aliphatic rings. The number of hydrogen-bond donors (Lipinski definition) is 0. The van der Waals surface area contributed by atoms with Crippen molar-refractivity contribution >= 4 is 11.3 Å². The van der Waals surface area contributed by atoms with Crippen molar-refractivity contribution in [3.8, 4) is 0 Å². The van der Waals surface area contributed by atoms with Crippen molar-refractivity contribution in [2.24, 2.45) is 0 Å². The van der Waals surface area contributed by atoms with Crippen LogP contribution in [0.4, 0.5) is 0 Å². The fourth-order valence-electron chi connectivity index (χ4n) is 1.55. The van der Waals surface area contributed by atoms with E-state index in [0.29, 0.717) is 5.92 Å². The first-order valence-corrected chi connectivity index (χ1v) is 5.65. The van der Waals surface area contributed by atoms with Crippen molar-refractivity contribution < 1.29 is 4.74 Å². The van der Waals surface area contributed by atoms with E-state index in [0.717, 1.165) is 12.0 Å². The SMILES string of the molecule is C=C/C(=C\OC)C(CC)c1ccsc1. The van der Waals surface area contributed by atoms with Crippen LogP contribution in [0, 0.1) is 0 Å². The van der Waals surface area contributed by atoms with Gasteiger partial charge in [-0.1, -0.05) is 19.6 Å². The normalized spacial score (nSPS) is 13.7. The van der Waals surface area contributed by atoms with Crippen molar-refractivity contribution in [3.05, 3.63) is 46.9 Å². The first-order chi connectivity index (χ1) is 6.83. The molecule has 0 amide bonds. The third-order valence-corrected chi connectivity index (χ3v) is 2.95. The van der Waals surface area contributed by atoms with Crippen LogP contribution >= 0.6 is 11.3 Å². The lowest BCUT2D eigenvalue weighted by Gasteiger charge is -2.14. The van der Waals surface area contributed by atoms with E-state index in [-0.39, 0.29) is 0 Å². The van der Waals surface area contributed by atoms with Gasteiger partial charge >= 0.3 is 0 Å². The van der Waals surface area contributed by atoms with E-state index in [4.69, 9.17) is 4.74 Å². The Bertz CT molecular complexity index is 298. The van der Waals surface area contributed by atoms with Crippen LogP contribution in [0.2, 0.25) is 0 Å². The molecular formula is C12H16OS. The molecule has 0 aromatic carbocycles. The average Bonchev–Trinajstić information content (AvgIpc) is 2.71. The molecular weight excluding hydrogens is 192 g/mol. The van der Waals surface area contributed by atoms with Gasteiger partial charge in [-0.15, -0.1) is 0 Å². The Morgan fingerprint density at radius 3 is 2.93 bits per heavy atom. The lowest BCUT2D eigenvalue weighted by Crippen LogP contribution is -1.98. The van der Waals surface area contributed by atoms with Crippen LogP contribution in [0.15, 0.2) is 41.3 Å². The summed E-state index contributed by atoms with van der Waals surface area (Å²) in [5.41, 5.74) is 2.49. The van der Waals surface area contributed by atoms with Crippen LogP contribution in [0.1, 0.15) is 24.8 Å². The Morgan fingerprint density at radius 1 is 1.71 bits per heavy atom. The maximum absolute atomic E-state index is 5.05. The Hall–Kier alpha value is -1.02. The fraction of sp³-hybridized carbons (Fsp3) is 0.333. The fourth-order valence-corrected chi connectivity index (χ4v) is 2.26. The number of methoxy groups -OCH3 is 1. The number of rotatable bonds is 5. The Morgan fingerprint density at radius 2 is 2.50 bits per heavy atom. The standard InChI is InChI=1S/C12H16OS/c1-4-10(8-13-3)12(5-2)11-6-7-14-9-11/h4,6-9,12H,1,5H2,2-3H3/b10-8+. The summed E-state index contributed by atoms with van der Waals surface area (Å²) >= 11 is 1.73. The largest absolute Gasteiger partial charge is 0.504 e. The van der Waals surface area contributed by atoms with Gasteiger partial charge in [-0.3, -0.25) is 0 Å². The summed E-state index contributed by atoms with van der Waals surface area (Å²) in [6.07, 6.45) is 4.71. The zero-order valence-electron chi connectivity index (χ0n) is 8.69. The van der Waals surface area contributed by atoms with E-state index in [1.165, 1.54) is 5.56 Å². The van der Waals surface area contributed by atoms with Crippen molar-refractivity contribution in [2.75, 3.05) is 7.11 Å². The van der Waals surface area contributed by atoms with Crippen molar-refractivity contribution in [1.82, 2.24) is 0 Å². The molecule has 0 fully saturated rings. The maximum atomic E-state index is 5.05. The van der Waals surface area contributed by atoms with Gasteiger partial charge < -0.3 is 4.74 Å². The van der Waals surface area contributed by atoms with E-state index in [1.807, 2.05) is 6.08 Å². The molecule has 2 heteroatoms. The predicted octanol–water partition coefficient (Wildman–Crippen LogP) is 3.96. The van der Waals surface area contributed by atoms with Gasteiger partial charge in [0.05, 0.1) is 13.4 Å². The summed E-state index contributed by atoms with van der Waals surface area (Å²) < 4.78 is 5.05. The van der Waals surface area contributed by atoms with Gasteiger partial charge in [0.15, 0.2) is 0 Å². The molecule has 1 rings (SSSR count). The van der Waals surface area contributed by atoms with Crippen molar-refractivity contribution in [1.29, 1.82) is 0 Å². The van der Waals surface area contributed by atoms with Crippen LogP contribution in [0.3, 0.4) is 0 Å². The molecule has 0 radical (unpaired) electrons. The van der Waals surface area contributed by atoms with Gasteiger partial charge in [0, 0.05) is 5.92 Å². The minimum absolute atomic E-state index is 0.415. The van der Waals surface area contributed by atoms with E-state index in [2.05, 4.69) is 30.3 Å². The second-order valence-electron chi connectivity index (χ2n) is 3.08. The Kier molecular flexibility index (Phi) is 4.47. The monoisotopic (exact) mass is 208 g/mol. The molecule has 0 aliphatic carbocycles. The molecule has 0 aliphatic heterocycles. The van der Waals surface area contributed by atoms with Gasteiger partial charge in [0.1, 0.15) is 0 Å². The lowest BCUT2D eigenvalue weighted by molar-refractivity contribution is 0.332. The summed E-state index contributed by atoms with van der Waals surface area (Å²) in [7, 11) is 1.67. The molecule has 14 heavy (non-hydrogen) atoms. The smallest absolute Gasteiger partial charge is 0.0862 e. The van der Waals surface area contributed by atoms with Gasteiger partial charge in [-0.2, -0.15) is 11.3 Å². The first-order valence-electron chi connectivity index (χ1n) is 4.70. The van der Waals surface area contributed by atoms with Gasteiger partial charge in [-0.25, -0.2) is 0 Å².